The fourth-order valence-electron chi connectivity index (χ4n) is 2.02. The first-order valence-electron chi connectivity index (χ1n) is 5.59. The van der Waals surface area contributed by atoms with Crippen LogP contribution in [0.3, 0.4) is 0 Å². The number of rotatable bonds is 2. The monoisotopic (exact) mass is 218 g/mol. The minimum atomic E-state index is 0.125. The van der Waals surface area contributed by atoms with Gasteiger partial charge in [-0.25, -0.2) is 0 Å². The van der Waals surface area contributed by atoms with Crippen LogP contribution in [0, 0.1) is 5.41 Å². The van der Waals surface area contributed by atoms with E-state index in [0.29, 0.717) is 6.04 Å². The van der Waals surface area contributed by atoms with E-state index in [2.05, 4.69) is 17.1 Å². The van der Waals surface area contributed by atoms with Crippen molar-refractivity contribution in [2.45, 2.75) is 13.0 Å². The summed E-state index contributed by atoms with van der Waals surface area (Å²) in [4.78, 5) is 2.35. The molecule has 1 saturated heterocycles. The summed E-state index contributed by atoms with van der Waals surface area (Å²) in [6.45, 7) is 5.27. The van der Waals surface area contributed by atoms with E-state index in [1.807, 2.05) is 24.3 Å². The van der Waals surface area contributed by atoms with Gasteiger partial charge in [-0.1, -0.05) is 0 Å². The molecule has 16 heavy (non-hydrogen) atoms. The molecule has 4 nitrogen and oxygen atoms in total. The van der Waals surface area contributed by atoms with Crippen molar-refractivity contribution in [3.63, 3.8) is 0 Å². The van der Waals surface area contributed by atoms with Gasteiger partial charge in [0.2, 0.25) is 0 Å². The zero-order valence-corrected chi connectivity index (χ0v) is 9.53. The van der Waals surface area contributed by atoms with Gasteiger partial charge in [0.25, 0.3) is 0 Å². The summed E-state index contributed by atoms with van der Waals surface area (Å²) >= 11 is 0. The number of benzene rings is 1. The average molecular weight is 218 g/mol. The molecule has 0 aliphatic carbocycles. The number of nitrogens with zero attached hydrogens (tertiary/aromatic N) is 1. The third-order valence-electron chi connectivity index (χ3n) is 2.91. The van der Waals surface area contributed by atoms with Crippen molar-refractivity contribution < 1.29 is 0 Å². The van der Waals surface area contributed by atoms with Gasteiger partial charge >= 0.3 is 0 Å². The molecule has 0 radical (unpaired) electrons. The first-order valence-corrected chi connectivity index (χ1v) is 5.59. The molecule has 1 heterocycles. The predicted octanol–water partition coefficient (Wildman–Crippen LogP) is 0.769. The van der Waals surface area contributed by atoms with E-state index in [1.165, 1.54) is 5.69 Å². The molecule has 1 fully saturated rings. The van der Waals surface area contributed by atoms with E-state index in [9.17, 15) is 0 Å². The molecule has 0 aromatic heterocycles. The molecule has 1 aliphatic heterocycles. The lowest BCUT2D eigenvalue weighted by molar-refractivity contribution is 0.485. The molecule has 0 amide bonds. The molecule has 1 atom stereocenters. The van der Waals surface area contributed by atoms with Crippen molar-refractivity contribution in [1.82, 2.24) is 5.32 Å². The highest BCUT2D eigenvalue weighted by molar-refractivity contribution is 5.95. The molecule has 4 N–H and O–H groups in total. The zero-order valence-electron chi connectivity index (χ0n) is 9.53. The lowest BCUT2D eigenvalue weighted by atomic mass is 10.1. The minimum absolute atomic E-state index is 0.125. The van der Waals surface area contributed by atoms with Crippen molar-refractivity contribution >= 4 is 11.5 Å². The van der Waals surface area contributed by atoms with Crippen LogP contribution in [0.4, 0.5) is 5.69 Å². The van der Waals surface area contributed by atoms with Crippen LogP contribution < -0.4 is 16.0 Å². The summed E-state index contributed by atoms with van der Waals surface area (Å²) in [5, 5.41) is 10.8. The second-order valence-electron chi connectivity index (χ2n) is 4.26. The molecule has 4 heteroatoms. The predicted molar refractivity (Wildman–Crippen MR) is 67.1 cm³/mol. The Kier molecular flexibility index (Phi) is 3.10. The number of hydrogen-bond donors (Lipinski definition) is 3. The fourth-order valence-corrected chi connectivity index (χ4v) is 2.02. The number of anilines is 1. The summed E-state index contributed by atoms with van der Waals surface area (Å²) in [6, 6.07) is 8.42. The summed E-state index contributed by atoms with van der Waals surface area (Å²) < 4.78 is 0. The first-order chi connectivity index (χ1) is 7.66. The van der Waals surface area contributed by atoms with Gasteiger partial charge in [0.05, 0.1) is 0 Å². The normalized spacial score (nSPS) is 20.8. The third-order valence-corrected chi connectivity index (χ3v) is 2.91. The van der Waals surface area contributed by atoms with E-state index in [0.717, 1.165) is 25.2 Å². The van der Waals surface area contributed by atoms with Crippen LogP contribution in [0.2, 0.25) is 0 Å². The Morgan fingerprint density at radius 2 is 2.12 bits per heavy atom. The van der Waals surface area contributed by atoms with Crippen LogP contribution in [0.5, 0.6) is 0 Å². The van der Waals surface area contributed by atoms with Gasteiger partial charge in [0, 0.05) is 36.9 Å². The van der Waals surface area contributed by atoms with E-state index < -0.39 is 0 Å². The number of nitrogens with one attached hydrogen (secondary N) is 2. The van der Waals surface area contributed by atoms with E-state index in [1.54, 1.807) is 0 Å². The van der Waals surface area contributed by atoms with Gasteiger partial charge in [-0.3, -0.25) is 5.41 Å². The Balaban J connectivity index is 2.11. The SMILES string of the molecule is C[C@@H]1CN(c2ccc(C(=N)N)cc2)CCN1. The van der Waals surface area contributed by atoms with Crippen LogP contribution in [0.25, 0.3) is 0 Å². The maximum absolute atomic E-state index is 7.34. The quantitative estimate of drug-likeness (QED) is 0.507. The Morgan fingerprint density at radius 3 is 2.69 bits per heavy atom. The second kappa shape index (κ2) is 4.53. The summed E-state index contributed by atoms with van der Waals surface area (Å²) in [6.07, 6.45) is 0. The average Bonchev–Trinajstić information content (AvgIpc) is 2.29. The number of hydrogen-bond acceptors (Lipinski definition) is 3. The van der Waals surface area contributed by atoms with Gasteiger partial charge in [-0.2, -0.15) is 0 Å². The Labute approximate surface area is 96.0 Å². The standard InChI is InChI=1S/C12H18N4/c1-9-8-16(7-6-15-9)11-4-2-10(3-5-11)12(13)14/h2-5,9,15H,6-8H2,1H3,(H3,13,14)/t9-/m1/s1. The van der Waals surface area contributed by atoms with Crippen molar-refractivity contribution in [2.75, 3.05) is 24.5 Å². The van der Waals surface area contributed by atoms with Crippen molar-refractivity contribution in [3.05, 3.63) is 29.8 Å². The number of amidine groups is 1. The van der Waals surface area contributed by atoms with Gasteiger partial charge in [0.15, 0.2) is 0 Å². The van der Waals surface area contributed by atoms with Gasteiger partial charge in [-0.05, 0) is 31.2 Å². The highest BCUT2D eigenvalue weighted by Crippen LogP contribution is 2.16. The van der Waals surface area contributed by atoms with E-state index >= 15 is 0 Å². The zero-order chi connectivity index (χ0) is 11.5. The largest absolute Gasteiger partial charge is 0.384 e. The Bertz CT molecular complexity index is 371. The molecule has 1 aromatic rings. The molecule has 0 spiro atoms. The van der Waals surface area contributed by atoms with Crippen LogP contribution in [-0.2, 0) is 0 Å². The van der Waals surface area contributed by atoms with Crippen molar-refractivity contribution in [3.8, 4) is 0 Å². The molecule has 2 rings (SSSR count). The lowest BCUT2D eigenvalue weighted by Gasteiger charge is -2.33. The Hall–Kier alpha value is -1.55. The molecule has 86 valence electrons. The third kappa shape index (κ3) is 2.33. The first kappa shape index (κ1) is 11.0. The second-order valence-corrected chi connectivity index (χ2v) is 4.26. The van der Waals surface area contributed by atoms with Gasteiger partial charge in [0.1, 0.15) is 5.84 Å². The molecule has 0 unspecified atom stereocenters. The number of nitrogens with two attached hydrogens (primary N) is 1. The topological polar surface area (TPSA) is 65.1 Å². The molecular formula is C12H18N4. The molecule has 0 bridgehead atoms. The smallest absolute Gasteiger partial charge is 0.122 e. The summed E-state index contributed by atoms with van der Waals surface area (Å²) in [7, 11) is 0. The summed E-state index contributed by atoms with van der Waals surface area (Å²) in [5.74, 6) is 0.125. The van der Waals surface area contributed by atoms with Crippen LogP contribution in [0.15, 0.2) is 24.3 Å². The van der Waals surface area contributed by atoms with Crippen LogP contribution >= 0.6 is 0 Å². The van der Waals surface area contributed by atoms with Gasteiger partial charge in [-0.15, -0.1) is 0 Å². The van der Waals surface area contributed by atoms with Crippen LogP contribution in [0.1, 0.15) is 12.5 Å². The van der Waals surface area contributed by atoms with E-state index in [-0.39, 0.29) is 5.84 Å². The number of piperazine rings is 1. The fraction of sp³-hybridized carbons (Fsp3) is 0.417. The highest BCUT2D eigenvalue weighted by Gasteiger charge is 2.15. The molecule has 0 saturated carbocycles. The highest BCUT2D eigenvalue weighted by atomic mass is 15.2. The maximum Gasteiger partial charge on any atom is 0.122 e. The van der Waals surface area contributed by atoms with Crippen molar-refractivity contribution in [2.24, 2.45) is 5.73 Å². The molecule has 1 aliphatic rings. The Morgan fingerprint density at radius 1 is 1.44 bits per heavy atom. The van der Waals surface area contributed by atoms with E-state index in [4.69, 9.17) is 11.1 Å². The summed E-state index contributed by atoms with van der Waals surface area (Å²) in [5.41, 5.74) is 7.42. The van der Waals surface area contributed by atoms with Crippen LogP contribution in [-0.4, -0.2) is 31.5 Å². The van der Waals surface area contributed by atoms with Gasteiger partial charge < -0.3 is 16.0 Å². The lowest BCUT2D eigenvalue weighted by Crippen LogP contribution is -2.49. The van der Waals surface area contributed by atoms with Crippen molar-refractivity contribution in [1.29, 1.82) is 5.41 Å². The molecular weight excluding hydrogens is 200 g/mol. The molecule has 1 aromatic carbocycles. The number of nitrogen functional groups attached to an aromatic ring is 1. The minimum Gasteiger partial charge on any atom is -0.384 e. The maximum atomic E-state index is 7.34.